The molecule has 1 aromatic carbocycles. The molecular formula is C16H19F2N3O2. The van der Waals surface area contributed by atoms with E-state index in [1.807, 2.05) is 6.92 Å². The third-order valence-electron chi connectivity index (χ3n) is 4.36. The molecule has 5 nitrogen and oxygen atoms in total. The van der Waals surface area contributed by atoms with Crippen LogP contribution in [-0.2, 0) is 9.59 Å². The van der Waals surface area contributed by atoms with E-state index in [1.54, 1.807) is 4.90 Å². The fourth-order valence-electron chi connectivity index (χ4n) is 3.23. The maximum absolute atomic E-state index is 13.9. The molecule has 0 aliphatic carbocycles. The van der Waals surface area contributed by atoms with Gasteiger partial charge in [-0.05, 0) is 19.1 Å². The Balaban J connectivity index is 1.76. The Bertz CT molecular complexity index is 618. The summed E-state index contributed by atoms with van der Waals surface area (Å²) in [6.07, 6.45) is -0.00901. The molecule has 2 fully saturated rings. The van der Waals surface area contributed by atoms with Crippen LogP contribution in [0.15, 0.2) is 18.2 Å². The summed E-state index contributed by atoms with van der Waals surface area (Å²) < 4.78 is 27.7. The molecule has 2 heterocycles. The van der Waals surface area contributed by atoms with E-state index in [0.29, 0.717) is 19.6 Å². The van der Waals surface area contributed by atoms with Gasteiger partial charge in [-0.15, -0.1) is 0 Å². The Morgan fingerprint density at radius 3 is 2.61 bits per heavy atom. The van der Waals surface area contributed by atoms with Gasteiger partial charge in [-0.3, -0.25) is 9.59 Å². The van der Waals surface area contributed by atoms with Gasteiger partial charge in [0, 0.05) is 38.6 Å². The van der Waals surface area contributed by atoms with Crippen molar-refractivity contribution in [2.24, 2.45) is 5.92 Å². The fourth-order valence-corrected chi connectivity index (χ4v) is 3.23. The van der Waals surface area contributed by atoms with Gasteiger partial charge in [0.25, 0.3) is 0 Å². The first-order chi connectivity index (χ1) is 11.0. The van der Waals surface area contributed by atoms with Crippen molar-refractivity contribution in [1.29, 1.82) is 0 Å². The van der Waals surface area contributed by atoms with Gasteiger partial charge in [0.2, 0.25) is 11.8 Å². The van der Waals surface area contributed by atoms with Gasteiger partial charge in [0.1, 0.15) is 17.3 Å². The van der Waals surface area contributed by atoms with Crippen LogP contribution < -0.4 is 10.2 Å². The molecular weight excluding hydrogens is 304 g/mol. The Kier molecular flexibility index (Phi) is 4.30. The highest BCUT2D eigenvalue weighted by molar-refractivity contribution is 6.00. The SMILES string of the molecule is C[C@@H]1CN(C(=O)C2CC(=O)N(c3c(F)cccc3F)C2)CCN1. The van der Waals surface area contributed by atoms with E-state index in [9.17, 15) is 18.4 Å². The number of anilines is 1. The first kappa shape index (κ1) is 15.9. The molecule has 1 aromatic rings. The van der Waals surface area contributed by atoms with Crippen LogP contribution in [0.25, 0.3) is 0 Å². The van der Waals surface area contributed by atoms with Crippen molar-refractivity contribution in [3.8, 4) is 0 Å². The van der Waals surface area contributed by atoms with Crippen molar-refractivity contribution < 1.29 is 18.4 Å². The highest BCUT2D eigenvalue weighted by Gasteiger charge is 2.39. The summed E-state index contributed by atoms with van der Waals surface area (Å²) in [6.45, 7) is 3.88. The average Bonchev–Trinajstić information content (AvgIpc) is 2.88. The number of benzene rings is 1. The Morgan fingerprint density at radius 2 is 1.96 bits per heavy atom. The van der Waals surface area contributed by atoms with Crippen molar-refractivity contribution in [2.45, 2.75) is 19.4 Å². The van der Waals surface area contributed by atoms with Gasteiger partial charge in [0.05, 0.1) is 5.92 Å². The maximum Gasteiger partial charge on any atom is 0.228 e. The summed E-state index contributed by atoms with van der Waals surface area (Å²) in [5.41, 5.74) is -0.360. The van der Waals surface area contributed by atoms with E-state index in [-0.39, 0.29) is 30.6 Å². The van der Waals surface area contributed by atoms with Crippen LogP contribution in [0.1, 0.15) is 13.3 Å². The molecule has 0 saturated carbocycles. The number of hydrogen-bond donors (Lipinski definition) is 1. The first-order valence-corrected chi connectivity index (χ1v) is 7.74. The Hall–Kier alpha value is -2.02. The van der Waals surface area contributed by atoms with Gasteiger partial charge in [0.15, 0.2) is 0 Å². The molecule has 0 spiro atoms. The predicted octanol–water partition coefficient (Wildman–Crippen LogP) is 1.14. The number of rotatable bonds is 2. The zero-order valence-corrected chi connectivity index (χ0v) is 12.9. The van der Waals surface area contributed by atoms with Gasteiger partial charge in [-0.1, -0.05) is 6.07 Å². The van der Waals surface area contributed by atoms with E-state index < -0.39 is 23.5 Å². The number of piperazine rings is 1. The molecule has 3 rings (SSSR count). The van der Waals surface area contributed by atoms with Crippen LogP contribution >= 0.6 is 0 Å². The standard InChI is InChI=1S/C16H19F2N3O2/c1-10-8-20(6-5-19-10)16(23)11-7-14(22)21(9-11)15-12(17)3-2-4-13(15)18/h2-4,10-11,19H,5-9H2,1H3/t10-,11?/m1/s1. The number of halogens is 2. The minimum atomic E-state index is -0.790. The maximum atomic E-state index is 13.9. The molecule has 7 heteroatoms. The lowest BCUT2D eigenvalue weighted by molar-refractivity contribution is -0.136. The highest BCUT2D eigenvalue weighted by Crippen LogP contribution is 2.30. The smallest absolute Gasteiger partial charge is 0.228 e. The second-order valence-corrected chi connectivity index (χ2v) is 6.12. The van der Waals surface area contributed by atoms with Gasteiger partial charge >= 0.3 is 0 Å². The molecule has 1 unspecified atom stereocenters. The van der Waals surface area contributed by atoms with Crippen molar-refractivity contribution in [1.82, 2.24) is 10.2 Å². The normalized spacial score (nSPS) is 25.1. The van der Waals surface area contributed by atoms with Crippen LogP contribution in [-0.4, -0.2) is 48.9 Å². The average molecular weight is 323 g/mol. The molecule has 2 atom stereocenters. The summed E-state index contributed by atoms with van der Waals surface area (Å²) >= 11 is 0. The van der Waals surface area contributed by atoms with E-state index in [1.165, 1.54) is 6.07 Å². The molecule has 2 amide bonds. The summed E-state index contributed by atoms with van der Waals surface area (Å²) in [7, 11) is 0. The summed E-state index contributed by atoms with van der Waals surface area (Å²) in [6, 6.07) is 3.67. The molecule has 23 heavy (non-hydrogen) atoms. The second-order valence-electron chi connectivity index (χ2n) is 6.12. The minimum absolute atomic E-state index is 0.00901. The number of para-hydroxylation sites is 1. The summed E-state index contributed by atoms with van der Waals surface area (Å²) in [5.74, 6) is -2.67. The third-order valence-corrected chi connectivity index (χ3v) is 4.36. The molecule has 2 aliphatic heterocycles. The molecule has 1 N–H and O–H groups in total. The van der Waals surface area contributed by atoms with Gasteiger partial charge in [-0.25, -0.2) is 8.78 Å². The number of carbonyl (C=O) groups excluding carboxylic acids is 2. The number of amides is 2. The summed E-state index contributed by atoms with van der Waals surface area (Å²) in [4.78, 5) is 27.5. The van der Waals surface area contributed by atoms with Crippen LogP contribution in [0, 0.1) is 17.6 Å². The number of nitrogens with one attached hydrogen (secondary N) is 1. The van der Waals surface area contributed by atoms with Crippen molar-refractivity contribution in [2.75, 3.05) is 31.1 Å². The van der Waals surface area contributed by atoms with E-state index >= 15 is 0 Å². The summed E-state index contributed by atoms with van der Waals surface area (Å²) in [5, 5.41) is 3.25. The number of carbonyl (C=O) groups is 2. The molecule has 0 radical (unpaired) electrons. The number of hydrogen-bond acceptors (Lipinski definition) is 3. The fraction of sp³-hybridized carbons (Fsp3) is 0.500. The second kappa shape index (κ2) is 6.23. The van der Waals surface area contributed by atoms with E-state index in [2.05, 4.69) is 5.32 Å². The predicted molar refractivity (Wildman–Crippen MR) is 80.9 cm³/mol. The van der Waals surface area contributed by atoms with Crippen molar-refractivity contribution in [3.63, 3.8) is 0 Å². The monoisotopic (exact) mass is 323 g/mol. The van der Waals surface area contributed by atoms with Gasteiger partial charge < -0.3 is 15.1 Å². The quantitative estimate of drug-likeness (QED) is 0.888. The Morgan fingerprint density at radius 1 is 1.26 bits per heavy atom. The van der Waals surface area contributed by atoms with E-state index in [4.69, 9.17) is 0 Å². The zero-order valence-electron chi connectivity index (χ0n) is 12.9. The van der Waals surface area contributed by atoms with Crippen LogP contribution in [0.4, 0.5) is 14.5 Å². The molecule has 0 bridgehead atoms. The third kappa shape index (κ3) is 3.06. The highest BCUT2D eigenvalue weighted by atomic mass is 19.1. The molecule has 124 valence electrons. The van der Waals surface area contributed by atoms with E-state index in [0.717, 1.165) is 17.0 Å². The van der Waals surface area contributed by atoms with Crippen LogP contribution in [0.3, 0.4) is 0 Å². The topological polar surface area (TPSA) is 52.7 Å². The van der Waals surface area contributed by atoms with Crippen LogP contribution in [0.2, 0.25) is 0 Å². The molecule has 0 aromatic heterocycles. The lowest BCUT2D eigenvalue weighted by Gasteiger charge is -2.33. The minimum Gasteiger partial charge on any atom is -0.340 e. The molecule has 2 saturated heterocycles. The lowest BCUT2D eigenvalue weighted by atomic mass is 10.1. The van der Waals surface area contributed by atoms with Crippen LogP contribution in [0.5, 0.6) is 0 Å². The van der Waals surface area contributed by atoms with Crippen molar-refractivity contribution >= 4 is 17.5 Å². The Labute approximate surface area is 133 Å². The largest absolute Gasteiger partial charge is 0.340 e. The first-order valence-electron chi connectivity index (χ1n) is 7.74. The van der Waals surface area contributed by atoms with Crippen molar-refractivity contribution in [3.05, 3.63) is 29.8 Å². The molecule has 2 aliphatic rings. The van der Waals surface area contributed by atoms with Gasteiger partial charge in [-0.2, -0.15) is 0 Å². The lowest BCUT2D eigenvalue weighted by Crippen LogP contribution is -2.53. The number of nitrogens with zero attached hydrogens (tertiary/aromatic N) is 2. The zero-order chi connectivity index (χ0) is 16.6.